The first-order chi connectivity index (χ1) is 17.5. The van der Waals surface area contributed by atoms with Gasteiger partial charge < -0.3 is 14.6 Å². The molecule has 2 heterocycles. The van der Waals surface area contributed by atoms with Crippen molar-refractivity contribution >= 4 is 23.9 Å². The van der Waals surface area contributed by atoms with Crippen molar-refractivity contribution < 1.29 is 19.4 Å². The number of methoxy groups -OCH3 is 2. The maximum absolute atomic E-state index is 12.5. The number of pyridine rings is 1. The highest BCUT2D eigenvalue weighted by atomic mass is 32.2. The summed E-state index contributed by atoms with van der Waals surface area (Å²) in [5, 5.41) is 23.3. The first kappa shape index (κ1) is 24.7. The fraction of sp³-hybridized carbons (Fsp3) is 0.160. The van der Waals surface area contributed by atoms with Crippen LogP contribution in [-0.2, 0) is 4.79 Å². The Morgan fingerprint density at radius 2 is 1.75 bits per heavy atom. The zero-order chi connectivity index (χ0) is 25.5. The number of hydrogen-bond donors (Lipinski definition) is 2. The summed E-state index contributed by atoms with van der Waals surface area (Å²) in [6.45, 7) is 2.02. The van der Waals surface area contributed by atoms with Crippen LogP contribution < -0.4 is 14.9 Å². The number of amides is 1. The molecule has 2 aromatic heterocycles. The predicted molar refractivity (Wildman–Crippen MR) is 137 cm³/mol. The van der Waals surface area contributed by atoms with E-state index in [1.807, 2.05) is 47.9 Å². The van der Waals surface area contributed by atoms with Gasteiger partial charge in [-0.25, -0.2) is 5.43 Å². The van der Waals surface area contributed by atoms with Gasteiger partial charge in [-0.3, -0.25) is 14.3 Å². The number of nitrogens with one attached hydrogen (secondary N) is 1. The van der Waals surface area contributed by atoms with E-state index >= 15 is 0 Å². The molecule has 0 aliphatic rings. The van der Waals surface area contributed by atoms with Gasteiger partial charge in [0.25, 0.3) is 5.91 Å². The van der Waals surface area contributed by atoms with Crippen LogP contribution in [0, 0.1) is 6.92 Å². The Morgan fingerprint density at radius 1 is 1.08 bits per heavy atom. The Labute approximate surface area is 212 Å². The van der Waals surface area contributed by atoms with Gasteiger partial charge >= 0.3 is 0 Å². The largest absolute Gasteiger partial charge is 0.502 e. The number of hydrogen-bond acceptors (Lipinski definition) is 9. The van der Waals surface area contributed by atoms with Crippen molar-refractivity contribution in [2.45, 2.75) is 12.1 Å². The second kappa shape index (κ2) is 11.4. The van der Waals surface area contributed by atoms with E-state index in [9.17, 15) is 9.90 Å². The zero-order valence-corrected chi connectivity index (χ0v) is 20.7. The van der Waals surface area contributed by atoms with Crippen LogP contribution in [0.1, 0.15) is 11.1 Å². The summed E-state index contributed by atoms with van der Waals surface area (Å²) >= 11 is 1.24. The van der Waals surface area contributed by atoms with E-state index in [4.69, 9.17) is 9.47 Å². The maximum atomic E-state index is 12.5. The molecule has 11 heteroatoms. The van der Waals surface area contributed by atoms with Crippen molar-refractivity contribution in [3.05, 3.63) is 72.1 Å². The van der Waals surface area contributed by atoms with Crippen LogP contribution >= 0.6 is 11.8 Å². The molecule has 2 N–H and O–H groups in total. The second-order valence-corrected chi connectivity index (χ2v) is 8.51. The summed E-state index contributed by atoms with van der Waals surface area (Å²) in [6.07, 6.45) is 4.82. The van der Waals surface area contributed by atoms with Crippen molar-refractivity contribution in [3.8, 4) is 34.3 Å². The number of hydrazone groups is 1. The highest BCUT2D eigenvalue weighted by Crippen LogP contribution is 2.36. The van der Waals surface area contributed by atoms with Crippen molar-refractivity contribution in [2.75, 3.05) is 20.0 Å². The lowest BCUT2D eigenvalue weighted by Gasteiger charge is -2.10. The Balaban J connectivity index is 1.48. The molecule has 4 aromatic rings. The summed E-state index contributed by atoms with van der Waals surface area (Å²) in [6, 6.07) is 14.9. The highest BCUT2D eigenvalue weighted by Gasteiger charge is 2.17. The summed E-state index contributed by atoms with van der Waals surface area (Å²) in [5.74, 6) is 0.757. The molecule has 4 rings (SSSR count). The normalized spacial score (nSPS) is 11.0. The molecule has 0 aliphatic carbocycles. The van der Waals surface area contributed by atoms with Crippen molar-refractivity contribution in [1.29, 1.82) is 0 Å². The third-order valence-electron chi connectivity index (χ3n) is 5.10. The van der Waals surface area contributed by atoms with E-state index in [2.05, 4.69) is 25.7 Å². The molecule has 0 bridgehead atoms. The molecule has 0 aliphatic heterocycles. The van der Waals surface area contributed by atoms with Crippen LogP contribution in [0.2, 0.25) is 0 Å². The average Bonchev–Trinajstić information content (AvgIpc) is 3.33. The number of ether oxygens (including phenoxy) is 2. The van der Waals surface area contributed by atoms with Gasteiger partial charge in [-0.15, -0.1) is 10.2 Å². The number of phenols is 1. The lowest BCUT2D eigenvalue weighted by atomic mass is 10.2. The van der Waals surface area contributed by atoms with E-state index in [1.54, 1.807) is 24.5 Å². The van der Waals surface area contributed by atoms with E-state index in [0.29, 0.717) is 16.5 Å². The minimum Gasteiger partial charge on any atom is -0.502 e. The first-order valence-electron chi connectivity index (χ1n) is 10.8. The molecule has 0 spiro atoms. The molecule has 0 saturated carbocycles. The molecule has 0 fully saturated rings. The van der Waals surface area contributed by atoms with Gasteiger partial charge in [0.1, 0.15) is 0 Å². The molecule has 10 nitrogen and oxygen atoms in total. The number of aryl methyl sites for hydroxylation is 1. The van der Waals surface area contributed by atoms with Gasteiger partial charge in [-0.1, -0.05) is 29.5 Å². The summed E-state index contributed by atoms with van der Waals surface area (Å²) in [7, 11) is 2.87. The van der Waals surface area contributed by atoms with Crippen LogP contribution in [0.4, 0.5) is 0 Å². The summed E-state index contributed by atoms with van der Waals surface area (Å²) in [5.41, 5.74) is 5.95. The minimum absolute atomic E-state index is 0.0693. The zero-order valence-electron chi connectivity index (χ0n) is 19.9. The molecule has 0 unspecified atom stereocenters. The fourth-order valence-electron chi connectivity index (χ4n) is 3.31. The van der Waals surface area contributed by atoms with Crippen LogP contribution in [0.3, 0.4) is 0 Å². The van der Waals surface area contributed by atoms with Crippen molar-refractivity contribution in [3.63, 3.8) is 0 Å². The number of aromatic hydroxyl groups is 1. The molecule has 0 saturated heterocycles. The number of rotatable bonds is 9. The van der Waals surface area contributed by atoms with Crippen LogP contribution in [-0.4, -0.2) is 56.9 Å². The van der Waals surface area contributed by atoms with E-state index in [0.717, 1.165) is 16.8 Å². The second-order valence-electron chi connectivity index (χ2n) is 7.57. The maximum Gasteiger partial charge on any atom is 0.250 e. The molecule has 0 atom stereocenters. The molecule has 184 valence electrons. The quantitative estimate of drug-likeness (QED) is 0.201. The standard InChI is InChI=1S/C25H24N6O4S/c1-16-4-6-19(7-5-16)31-24(18-8-10-26-11-9-18)29-30-25(31)36-15-22(32)28-27-14-17-12-20(34-2)23(33)21(13-17)35-3/h4-14,33H,15H2,1-3H3,(H,28,32). The van der Waals surface area contributed by atoms with Gasteiger partial charge in [0.15, 0.2) is 22.5 Å². The van der Waals surface area contributed by atoms with Crippen LogP contribution in [0.5, 0.6) is 17.2 Å². The lowest BCUT2D eigenvalue weighted by molar-refractivity contribution is -0.118. The van der Waals surface area contributed by atoms with Crippen LogP contribution in [0.25, 0.3) is 17.1 Å². The smallest absolute Gasteiger partial charge is 0.250 e. The number of nitrogens with zero attached hydrogens (tertiary/aromatic N) is 5. The number of carbonyl (C=O) groups is 1. The van der Waals surface area contributed by atoms with E-state index in [-0.39, 0.29) is 28.9 Å². The predicted octanol–water partition coefficient (Wildman–Crippen LogP) is 3.60. The molecule has 36 heavy (non-hydrogen) atoms. The summed E-state index contributed by atoms with van der Waals surface area (Å²) < 4.78 is 12.2. The number of aromatic nitrogens is 4. The number of phenolic OH excluding ortho intramolecular Hbond substituents is 1. The topological polar surface area (TPSA) is 124 Å². The summed E-state index contributed by atoms with van der Waals surface area (Å²) in [4.78, 5) is 16.5. The fourth-order valence-corrected chi connectivity index (χ4v) is 4.05. The Bertz CT molecular complexity index is 1350. The third-order valence-corrected chi connectivity index (χ3v) is 6.03. The molecule has 1 amide bonds. The van der Waals surface area contributed by atoms with Crippen molar-refractivity contribution in [2.24, 2.45) is 5.10 Å². The van der Waals surface area contributed by atoms with Gasteiger partial charge in [-0.2, -0.15) is 5.10 Å². The monoisotopic (exact) mass is 504 g/mol. The third kappa shape index (κ3) is 5.63. The SMILES string of the molecule is COc1cc(C=NNC(=O)CSc2nnc(-c3ccncc3)n2-c2ccc(C)cc2)cc(OC)c1O. The molecule has 0 radical (unpaired) electrons. The Hall–Kier alpha value is -4.38. The lowest BCUT2D eigenvalue weighted by Crippen LogP contribution is -2.20. The number of carbonyl (C=O) groups excluding carboxylic acids is 1. The van der Waals surface area contributed by atoms with E-state index < -0.39 is 0 Å². The van der Waals surface area contributed by atoms with Gasteiger partial charge in [0.05, 0.1) is 26.2 Å². The van der Waals surface area contributed by atoms with Gasteiger partial charge in [0, 0.05) is 29.2 Å². The molecular formula is C25H24N6O4S. The van der Waals surface area contributed by atoms with Crippen LogP contribution in [0.15, 0.2) is 71.2 Å². The van der Waals surface area contributed by atoms with Gasteiger partial charge in [0.2, 0.25) is 5.75 Å². The van der Waals surface area contributed by atoms with Gasteiger partial charge in [-0.05, 0) is 43.3 Å². The highest BCUT2D eigenvalue weighted by molar-refractivity contribution is 7.99. The van der Waals surface area contributed by atoms with E-state index in [1.165, 1.54) is 32.2 Å². The number of thioether (sulfide) groups is 1. The minimum atomic E-state index is -0.321. The first-order valence-corrected chi connectivity index (χ1v) is 11.8. The Kier molecular flexibility index (Phi) is 7.81. The molecule has 2 aromatic carbocycles. The number of benzene rings is 2. The Morgan fingerprint density at radius 3 is 2.39 bits per heavy atom. The average molecular weight is 505 g/mol. The van der Waals surface area contributed by atoms with Crippen molar-refractivity contribution in [1.82, 2.24) is 25.2 Å². The molecular weight excluding hydrogens is 480 g/mol.